The first-order chi connectivity index (χ1) is 13.7. The van der Waals surface area contributed by atoms with Crippen molar-refractivity contribution < 1.29 is 18.1 Å². The predicted octanol–water partition coefficient (Wildman–Crippen LogP) is 3.47. The number of rotatable bonds is 9. The molecule has 0 heterocycles. The fourth-order valence-electron chi connectivity index (χ4n) is 2.67. The number of hydrogen-bond donors (Lipinski definition) is 1. The third-order valence-electron chi connectivity index (χ3n) is 4.36. The Bertz CT molecular complexity index is 1000. The van der Waals surface area contributed by atoms with Crippen LogP contribution in [0, 0.1) is 10.1 Å². The van der Waals surface area contributed by atoms with Crippen molar-refractivity contribution in [1.82, 2.24) is 4.31 Å². The van der Waals surface area contributed by atoms with Gasteiger partial charge in [-0.25, -0.2) is 8.42 Å². The van der Waals surface area contributed by atoms with Gasteiger partial charge in [-0.3, -0.25) is 15.5 Å². The van der Waals surface area contributed by atoms with Gasteiger partial charge < -0.3 is 4.74 Å². The van der Waals surface area contributed by atoms with E-state index in [4.69, 9.17) is 4.74 Å². The molecule has 1 N–H and O–H groups in total. The van der Waals surface area contributed by atoms with E-state index in [-0.39, 0.29) is 29.4 Å². The Labute approximate surface area is 170 Å². The number of nitrogens with zero attached hydrogens (tertiary/aromatic N) is 3. The van der Waals surface area contributed by atoms with Gasteiger partial charge in [0.05, 0.1) is 22.6 Å². The van der Waals surface area contributed by atoms with Gasteiger partial charge in [-0.15, -0.1) is 0 Å². The van der Waals surface area contributed by atoms with E-state index < -0.39 is 14.9 Å². The lowest BCUT2D eigenvalue weighted by atomic mass is 10.1. The Morgan fingerprint density at radius 3 is 2.31 bits per heavy atom. The molecule has 0 aliphatic heterocycles. The summed E-state index contributed by atoms with van der Waals surface area (Å²) in [6.45, 7) is 5.72. The van der Waals surface area contributed by atoms with Crippen molar-refractivity contribution in [2.75, 3.05) is 25.6 Å². The summed E-state index contributed by atoms with van der Waals surface area (Å²) in [6, 6.07) is 10.9. The summed E-state index contributed by atoms with van der Waals surface area (Å²) in [7, 11) is -2.23. The highest BCUT2D eigenvalue weighted by atomic mass is 32.2. The molecule has 2 aromatic rings. The van der Waals surface area contributed by atoms with Gasteiger partial charge in [-0.05, 0) is 48.9 Å². The summed E-state index contributed by atoms with van der Waals surface area (Å²) in [6.07, 6.45) is 0. The van der Waals surface area contributed by atoms with Gasteiger partial charge in [-0.1, -0.05) is 13.8 Å². The van der Waals surface area contributed by atoms with E-state index in [1.165, 1.54) is 16.4 Å². The van der Waals surface area contributed by atoms with Crippen molar-refractivity contribution in [3.63, 3.8) is 0 Å². The van der Waals surface area contributed by atoms with Crippen LogP contribution in [0.5, 0.6) is 5.75 Å². The number of nitro benzene ring substituents is 1. The van der Waals surface area contributed by atoms with Crippen LogP contribution in [0.2, 0.25) is 0 Å². The standard InChI is InChI=1S/C19H24N4O5S/c1-5-22(6-2)29(26,27)17-11-12-18(19(13-17)23(24)25)21-20-14(3)15-7-9-16(28-4)10-8-15/h7-13,21H,5-6H2,1-4H3/b20-14-. The maximum absolute atomic E-state index is 12.6. The zero-order valence-electron chi connectivity index (χ0n) is 16.7. The molecule has 29 heavy (non-hydrogen) atoms. The molecule has 2 aromatic carbocycles. The van der Waals surface area contributed by atoms with Crippen LogP contribution in [0.15, 0.2) is 52.5 Å². The van der Waals surface area contributed by atoms with Gasteiger partial charge in [-0.2, -0.15) is 9.41 Å². The van der Waals surface area contributed by atoms with Crippen LogP contribution in [0.4, 0.5) is 11.4 Å². The van der Waals surface area contributed by atoms with Crippen molar-refractivity contribution in [2.45, 2.75) is 25.7 Å². The highest BCUT2D eigenvalue weighted by Gasteiger charge is 2.25. The lowest BCUT2D eigenvalue weighted by molar-refractivity contribution is -0.384. The number of ether oxygens (including phenoxy) is 1. The molecule has 2 rings (SSSR count). The molecular formula is C19H24N4O5S. The molecule has 0 amide bonds. The van der Waals surface area contributed by atoms with E-state index in [0.717, 1.165) is 11.6 Å². The molecule has 0 aliphatic carbocycles. The van der Waals surface area contributed by atoms with Crippen molar-refractivity contribution >= 4 is 27.1 Å². The highest BCUT2D eigenvalue weighted by Crippen LogP contribution is 2.29. The van der Waals surface area contributed by atoms with Crippen LogP contribution in [-0.4, -0.2) is 43.6 Å². The molecule has 0 aliphatic rings. The van der Waals surface area contributed by atoms with Crippen LogP contribution in [-0.2, 0) is 10.0 Å². The lowest BCUT2D eigenvalue weighted by Gasteiger charge is -2.18. The monoisotopic (exact) mass is 420 g/mol. The molecule has 0 saturated carbocycles. The summed E-state index contributed by atoms with van der Waals surface area (Å²) in [5, 5.41) is 15.7. The Kier molecular flexibility index (Phi) is 7.29. The predicted molar refractivity (Wildman–Crippen MR) is 112 cm³/mol. The Balaban J connectivity index is 2.34. The third-order valence-corrected chi connectivity index (χ3v) is 6.41. The Hall–Kier alpha value is -2.98. The summed E-state index contributed by atoms with van der Waals surface area (Å²) in [4.78, 5) is 10.7. The topological polar surface area (TPSA) is 114 Å². The van der Waals surface area contributed by atoms with Crippen molar-refractivity contribution in [2.24, 2.45) is 5.10 Å². The average molecular weight is 420 g/mol. The fraction of sp³-hybridized carbons (Fsp3) is 0.316. The van der Waals surface area contributed by atoms with Gasteiger partial charge in [0.25, 0.3) is 5.69 Å². The first kappa shape index (κ1) is 22.3. The smallest absolute Gasteiger partial charge is 0.295 e. The highest BCUT2D eigenvalue weighted by molar-refractivity contribution is 7.89. The zero-order chi connectivity index (χ0) is 21.6. The van der Waals surface area contributed by atoms with Crippen molar-refractivity contribution in [1.29, 1.82) is 0 Å². The Morgan fingerprint density at radius 1 is 1.17 bits per heavy atom. The van der Waals surface area contributed by atoms with Gasteiger partial charge in [0.15, 0.2) is 0 Å². The molecule has 0 fully saturated rings. The first-order valence-electron chi connectivity index (χ1n) is 8.97. The molecule has 0 saturated heterocycles. The number of benzene rings is 2. The number of nitro groups is 1. The van der Waals surface area contributed by atoms with E-state index in [1.54, 1.807) is 40.0 Å². The summed E-state index contributed by atoms with van der Waals surface area (Å²) < 4.78 is 31.6. The molecule has 9 nitrogen and oxygen atoms in total. The minimum atomic E-state index is -3.80. The minimum Gasteiger partial charge on any atom is -0.497 e. The first-order valence-corrected chi connectivity index (χ1v) is 10.4. The minimum absolute atomic E-state index is 0.0985. The number of anilines is 1. The van der Waals surface area contributed by atoms with Gasteiger partial charge >= 0.3 is 0 Å². The molecule has 0 spiro atoms. The second-order valence-corrected chi connectivity index (χ2v) is 8.00. The van der Waals surface area contributed by atoms with Crippen LogP contribution < -0.4 is 10.2 Å². The van der Waals surface area contributed by atoms with E-state index in [1.807, 2.05) is 12.1 Å². The summed E-state index contributed by atoms with van der Waals surface area (Å²) in [5.74, 6) is 0.704. The van der Waals surface area contributed by atoms with Gasteiger partial charge in [0.2, 0.25) is 10.0 Å². The molecule has 0 radical (unpaired) electrons. The molecule has 156 valence electrons. The van der Waals surface area contributed by atoms with Crippen molar-refractivity contribution in [3.05, 3.63) is 58.1 Å². The Morgan fingerprint density at radius 2 is 1.79 bits per heavy atom. The van der Waals surface area contributed by atoms with E-state index in [2.05, 4.69) is 10.5 Å². The normalized spacial score (nSPS) is 12.1. The lowest BCUT2D eigenvalue weighted by Crippen LogP contribution is -2.30. The number of sulfonamides is 1. The number of methoxy groups -OCH3 is 1. The molecule has 0 atom stereocenters. The maximum Gasteiger partial charge on any atom is 0.295 e. The van der Waals surface area contributed by atoms with E-state index in [0.29, 0.717) is 11.5 Å². The van der Waals surface area contributed by atoms with E-state index in [9.17, 15) is 18.5 Å². The van der Waals surface area contributed by atoms with Crippen LogP contribution >= 0.6 is 0 Å². The molecule has 10 heteroatoms. The summed E-state index contributed by atoms with van der Waals surface area (Å²) in [5.41, 5.74) is 3.80. The molecular weight excluding hydrogens is 396 g/mol. The van der Waals surface area contributed by atoms with Crippen LogP contribution in [0.3, 0.4) is 0 Å². The molecule has 0 aromatic heterocycles. The average Bonchev–Trinajstić information content (AvgIpc) is 2.72. The zero-order valence-corrected chi connectivity index (χ0v) is 17.6. The van der Waals surface area contributed by atoms with E-state index >= 15 is 0 Å². The van der Waals surface area contributed by atoms with Gasteiger partial charge in [0.1, 0.15) is 11.4 Å². The molecule has 0 unspecified atom stereocenters. The van der Waals surface area contributed by atoms with Crippen molar-refractivity contribution in [3.8, 4) is 5.75 Å². The second-order valence-electron chi connectivity index (χ2n) is 6.06. The largest absolute Gasteiger partial charge is 0.497 e. The summed E-state index contributed by atoms with van der Waals surface area (Å²) >= 11 is 0. The van der Waals surface area contributed by atoms with Gasteiger partial charge in [0, 0.05) is 19.2 Å². The number of nitrogens with one attached hydrogen (secondary N) is 1. The fourth-order valence-corrected chi connectivity index (χ4v) is 4.15. The second kappa shape index (κ2) is 9.48. The number of hydrogen-bond acceptors (Lipinski definition) is 7. The van der Waals surface area contributed by atoms with Crippen LogP contribution in [0.25, 0.3) is 0 Å². The number of hydrazone groups is 1. The third kappa shape index (κ3) is 5.09. The maximum atomic E-state index is 12.6. The molecule has 0 bridgehead atoms. The quantitative estimate of drug-likeness (QED) is 0.377. The SMILES string of the molecule is CCN(CC)S(=O)(=O)c1ccc(N/N=C(/C)c2ccc(OC)cc2)c([N+](=O)[O-])c1. The van der Waals surface area contributed by atoms with Crippen LogP contribution in [0.1, 0.15) is 26.3 Å².